The van der Waals surface area contributed by atoms with Crippen molar-refractivity contribution in [3.05, 3.63) is 35.9 Å². The van der Waals surface area contributed by atoms with E-state index in [9.17, 15) is 25.2 Å². The molecule has 0 aromatic heterocycles. The average molecular weight is 270 g/mol. The fourth-order valence-electron chi connectivity index (χ4n) is 1.87. The highest BCUT2D eigenvalue weighted by Gasteiger charge is 2.45. The van der Waals surface area contributed by atoms with Crippen LogP contribution in [0.15, 0.2) is 30.3 Å². The van der Waals surface area contributed by atoms with Gasteiger partial charge in [0, 0.05) is 6.42 Å². The van der Waals surface area contributed by atoms with Crippen molar-refractivity contribution in [3.8, 4) is 0 Å². The Kier molecular flexibility index (Phi) is 5.59. The highest BCUT2D eigenvalue weighted by molar-refractivity contribution is 5.57. The highest BCUT2D eigenvalue weighted by Crippen LogP contribution is 2.24. The molecule has 0 aliphatic carbocycles. The summed E-state index contributed by atoms with van der Waals surface area (Å²) in [6.45, 7) is -0.814. The van der Waals surface area contributed by atoms with Gasteiger partial charge in [0.15, 0.2) is 6.29 Å². The molecule has 0 aliphatic rings. The lowest BCUT2D eigenvalue weighted by Crippen LogP contribution is -2.59. The number of aliphatic hydroxyl groups excluding tert-OH is 4. The quantitative estimate of drug-likeness (QED) is 0.374. The van der Waals surface area contributed by atoms with Crippen LogP contribution in [0, 0.1) is 0 Å². The van der Waals surface area contributed by atoms with Gasteiger partial charge in [-0.3, -0.25) is 0 Å². The van der Waals surface area contributed by atoms with Gasteiger partial charge in [-0.2, -0.15) is 0 Å². The third-order valence-corrected chi connectivity index (χ3v) is 3.06. The minimum absolute atomic E-state index is 0.0602. The summed E-state index contributed by atoms with van der Waals surface area (Å²) in [4.78, 5) is 10.5. The first-order valence-electron chi connectivity index (χ1n) is 5.82. The van der Waals surface area contributed by atoms with Gasteiger partial charge >= 0.3 is 0 Å². The van der Waals surface area contributed by atoms with Crippen molar-refractivity contribution in [1.29, 1.82) is 0 Å². The molecule has 0 radical (unpaired) electrons. The molecular formula is C13H18O6. The van der Waals surface area contributed by atoms with Crippen LogP contribution < -0.4 is 0 Å². The Balaban J connectivity index is 3.02. The molecular weight excluding hydrogens is 252 g/mol. The standard InChI is InChI=1S/C13H18O6/c14-7-10(16)12(18)13(19,11(17)8-15)6-9-4-2-1-3-5-9/h1-5,7,10-12,15-19H,6,8H2/t10-,11+,12+,13+/m0/s1. The van der Waals surface area contributed by atoms with E-state index >= 15 is 0 Å². The van der Waals surface area contributed by atoms with Gasteiger partial charge in [0.2, 0.25) is 0 Å². The summed E-state index contributed by atoms with van der Waals surface area (Å²) in [5, 5.41) is 48.1. The van der Waals surface area contributed by atoms with Crippen LogP contribution >= 0.6 is 0 Å². The molecule has 6 nitrogen and oxygen atoms in total. The highest BCUT2D eigenvalue weighted by atomic mass is 16.4. The van der Waals surface area contributed by atoms with Crippen LogP contribution in [0.2, 0.25) is 0 Å². The van der Waals surface area contributed by atoms with Crippen LogP contribution in [0.4, 0.5) is 0 Å². The fourth-order valence-corrected chi connectivity index (χ4v) is 1.87. The van der Waals surface area contributed by atoms with E-state index in [1.54, 1.807) is 30.3 Å². The zero-order chi connectivity index (χ0) is 14.5. The van der Waals surface area contributed by atoms with Crippen LogP contribution in [0.25, 0.3) is 0 Å². The van der Waals surface area contributed by atoms with E-state index in [1.807, 2.05) is 0 Å². The normalized spacial score (nSPS) is 19.2. The molecule has 1 aromatic rings. The summed E-state index contributed by atoms with van der Waals surface area (Å²) in [6, 6.07) is 8.44. The van der Waals surface area contributed by atoms with Gasteiger partial charge in [-0.1, -0.05) is 30.3 Å². The molecule has 0 saturated heterocycles. The van der Waals surface area contributed by atoms with Crippen molar-refractivity contribution in [2.45, 2.75) is 30.3 Å². The Bertz CT molecular complexity index is 395. The third kappa shape index (κ3) is 3.59. The maximum atomic E-state index is 10.5. The lowest BCUT2D eigenvalue weighted by molar-refractivity contribution is -0.183. The molecule has 0 aliphatic heterocycles. The number of carbonyl (C=O) groups excluding carboxylic acids is 1. The van der Waals surface area contributed by atoms with Gasteiger partial charge in [-0.05, 0) is 5.56 Å². The number of benzene rings is 1. The minimum Gasteiger partial charge on any atom is -0.394 e. The van der Waals surface area contributed by atoms with Crippen molar-refractivity contribution in [1.82, 2.24) is 0 Å². The van der Waals surface area contributed by atoms with Crippen LogP contribution in [-0.2, 0) is 11.2 Å². The number of hydrogen-bond acceptors (Lipinski definition) is 6. The second-order valence-corrected chi connectivity index (χ2v) is 4.42. The van der Waals surface area contributed by atoms with Gasteiger partial charge in [-0.15, -0.1) is 0 Å². The molecule has 19 heavy (non-hydrogen) atoms. The van der Waals surface area contributed by atoms with E-state index in [2.05, 4.69) is 0 Å². The number of rotatable bonds is 7. The SMILES string of the molecule is O=C[C@H](O)[C@@H](O)[C@@](O)(Cc1ccccc1)[C@H](O)CO. The van der Waals surface area contributed by atoms with Gasteiger partial charge < -0.3 is 30.3 Å². The van der Waals surface area contributed by atoms with Crippen LogP contribution in [0.1, 0.15) is 5.56 Å². The molecule has 0 fully saturated rings. The zero-order valence-corrected chi connectivity index (χ0v) is 10.3. The van der Waals surface area contributed by atoms with Crippen molar-refractivity contribution in [2.75, 3.05) is 6.61 Å². The maximum Gasteiger partial charge on any atom is 0.151 e. The molecule has 6 heteroatoms. The van der Waals surface area contributed by atoms with E-state index in [0.29, 0.717) is 5.56 Å². The maximum absolute atomic E-state index is 10.5. The Hall–Kier alpha value is -1.31. The molecule has 1 rings (SSSR count). The van der Waals surface area contributed by atoms with Crippen LogP contribution in [-0.4, -0.2) is 62.3 Å². The van der Waals surface area contributed by atoms with Gasteiger partial charge in [0.1, 0.15) is 23.9 Å². The lowest BCUT2D eigenvalue weighted by Gasteiger charge is -2.37. The molecule has 0 spiro atoms. The molecule has 0 amide bonds. The zero-order valence-electron chi connectivity index (χ0n) is 10.3. The average Bonchev–Trinajstić information content (AvgIpc) is 2.45. The van der Waals surface area contributed by atoms with Gasteiger partial charge in [0.05, 0.1) is 6.61 Å². The molecule has 0 bridgehead atoms. The first-order valence-corrected chi connectivity index (χ1v) is 5.82. The monoisotopic (exact) mass is 270 g/mol. The summed E-state index contributed by atoms with van der Waals surface area (Å²) < 4.78 is 0. The molecule has 0 heterocycles. The Morgan fingerprint density at radius 1 is 1.16 bits per heavy atom. The summed E-state index contributed by atoms with van der Waals surface area (Å²) in [6.07, 6.45) is -5.62. The van der Waals surface area contributed by atoms with E-state index in [-0.39, 0.29) is 12.7 Å². The Morgan fingerprint density at radius 3 is 2.21 bits per heavy atom. The molecule has 0 unspecified atom stereocenters. The fraction of sp³-hybridized carbons (Fsp3) is 0.462. The van der Waals surface area contributed by atoms with Gasteiger partial charge in [0.25, 0.3) is 0 Å². The predicted octanol–water partition coefficient (Wildman–Crippen LogP) is -1.77. The third-order valence-electron chi connectivity index (χ3n) is 3.06. The second kappa shape index (κ2) is 6.74. The van der Waals surface area contributed by atoms with Crippen molar-refractivity contribution in [2.24, 2.45) is 0 Å². The summed E-state index contributed by atoms with van der Waals surface area (Å²) in [5.74, 6) is 0. The summed E-state index contributed by atoms with van der Waals surface area (Å²) in [7, 11) is 0. The van der Waals surface area contributed by atoms with Crippen molar-refractivity contribution < 1.29 is 30.3 Å². The van der Waals surface area contributed by atoms with Crippen molar-refractivity contribution >= 4 is 6.29 Å². The summed E-state index contributed by atoms with van der Waals surface area (Å²) >= 11 is 0. The van der Waals surface area contributed by atoms with Crippen molar-refractivity contribution in [3.63, 3.8) is 0 Å². The Morgan fingerprint density at radius 2 is 1.74 bits per heavy atom. The largest absolute Gasteiger partial charge is 0.394 e. The molecule has 4 atom stereocenters. The minimum atomic E-state index is -2.23. The number of aliphatic hydroxyl groups is 5. The Labute approximate surface area is 110 Å². The first kappa shape index (κ1) is 15.7. The lowest BCUT2D eigenvalue weighted by atomic mass is 9.82. The number of hydrogen-bond donors (Lipinski definition) is 5. The van der Waals surface area contributed by atoms with E-state index < -0.39 is 30.5 Å². The molecule has 106 valence electrons. The van der Waals surface area contributed by atoms with Gasteiger partial charge in [-0.25, -0.2) is 0 Å². The smallest absolute Gasteiger partial charge is 0.151 e. The van der Waals surface area contributed by atoms with E-state index in [0.717, 1.165) is 0 Å². The predicted molar refractivity (Wildman–Crippen MR) is 66.3 cm³/mol. The topological polar surface area (TPSA) is 118 Å². The van der Waals surface area contributed by atoms with E-state index in [4.69, 9.17) is 5.11 Å². The number of aldehydes is 1. The second-order valence-electron chi connectivity index (χ2n) is 4.42. The van der Waals surface area contributed by atoms with E-state index in [1.165, 1.54) is 0 Å². The van der Waals surface area contributed by atoms with Crippen LogP contribution in [0.3, 0.4) is 0 Å². The summed E-state index contributed by atoms with van der Waals surface area (Å²) in [5.41, 5.74) is -1.65. The first-order chi connectivity index (χ1) is 8.95. The number of carbonyl (C=O) groups is 1. The van der Waals surface area contributed by atoms with Crippen LogP contribution in [0.5, 0.6) is 0 Å². The molecule has 1 aromatic carbocycles. The molecule has 5 N–H and O–H groups in total. The molecule has 0 saturated carbocycles.